The summed E-state index contributed by atoms with van der Waals surface area (Å²) in [5.41, 5.74) is 12.7. The lowest BCUT2D eigenvalue weighted by atomic mass is 9.89. The Balaban J connectivity index is 1.25. The van der Waals surface area contributed by atoms with Crippen molar-refractivity contribution in [2.45, 2.75) is 62.7 Å². The molecule has 0 unspecified atom stereocenters. The molecule has 10 heteroatoms. The first-order valence-corrected chi connectivity index (χ1v) is 12.6. The molecule has 3 fully saturated rings. The molecule has 2 saturated carbocycles. The van der Waals surface area contributed by atoms with E-state index in [1.807, 2.05) is 0 Å². The number of nitrogens with two attached hydrogens (primary N) is 2. The average Bonchev–Trinajstić information content (AvgIpc) is 3.61. The van der Waals surface area contributed by atoms with Crippen LogP contribution in [0.2, 0.25) is 0 Å². The van der Waals surface area contributed by atoms with Crippen LogP contribution in [0.25, 0.3) is 11.3 Å². The van der Waals surface area contributed by atoms with Crippen LogP contribution in [0.5, 0.6) is 5.75 Å². The number of hydrogen-bond donors (Lipinski definition) is 4. The molecule has 2 heterocycles. The van der Waals surface area contributed by atoms with Gasteiger partial charge >= 0.3 is 0 Å². The molecule has 5 rings (SSSR count). The van der Waals surface area contributed by atoms with E-state index in [0.717, 1.165) is 50.0 Å². The zero-order valence-corrected chi connectivity index (χ0v) is 20.3. The van der Waals surface area contributed by atoms with Gasteiger partial charge in [0.15, 0.2) is 11.5 Å². The van der Waals surface area contributed by atoms with Gasteiger partial charge in [0.25, 0.3) is 6.01 Å². The fourth-order valence-electron chi connectivity index (χ4n) is 5.99. The summed E-state index contributed by atoms with van der Waals surface area (Å²) >= 11 is 0. The molecule has 3 aliphatic rings. The predicted octanol–water partition coefficient (Wildman–Crippen LogP) is 3.68. The summed E-state index contributed by atoms with van der Waals surface area (Å²) in [6, 6.07) is 8.28. The molecular formula is C26H34FN7O2. The number of anilines is 1. The van der Waals surface area contributed by atoms with E-state index < -0.39 is 0 Å². The topological polar surface area (TPSA) is 127 Å². The van der Waals surface area contributed by atoms with E-state index in [0.29, 0.717) is 41.5 Å². The third-order valence-corrected chi connectivity index (χ3v) is 7.53. The molecule has 1 aromatic heterocycles. The zero-order chi connectivity index (χ0) is 25.1. The normalized spacial score (nSPS) is 28.1. The van der Waals surface area contributed by atoms with Crippen LogP contribution in [0.4, 0.5) is 10.5 Å². The van der Waals surface area contributed by atoms with E-state index in [1.54, 1.807) is 36.5 Å². The summed E-state index contributed by atoms with van der Waals surface area (Å²) in [5.74, 6) is 2.17. The van der Waals surface area contributed by atoms with Crippen LogP contribution in [0.15, 0.2) is 64.0 Å². The van der Waals surface area contributed by atoms with E-state index >= 15 is 0 Å². The highest BCUT2D eigenvalue weighted by atomic mass is 19.3. The highest BCUT2D eigenvalue weighted by molar-refractivity contribution is 5.58. The lowest BCUT2D eigenvalue weighted by molar-refractivity contribution is -0.00618. The summed E-state index contributed by atoms with van der Waals surface area (Å²) in [7, 11) is 0. The van der Waals surface area contributed by atoms with Crippen LogP contribution >= 0.6 is 0 Å². The molecule has 0 spiro atoms. The smallest absolute Gasteiger partial charge is 0.295 e. The molecule has 9 nitrogen and oxygen atoms in total. The number of halogens is 1. The van der Waals surface area contributed by atoms with Gasteiger partial charge in [-0.05, 0) is 55.9 Å². The number of nitrogens with one attached hydrogen (secondary N) is 2. The number of nitrogens with zero attached hydrogens (tertiary/aromatic N) is 3. The maximum atomic E-state index is 12.3. The van der Waals surface area contributed by atoms with Gasteiger partial charge in [-0.2, -0.15) is 0 Å². The number of likely N-dealkylation sites (tertiary alicyclic amines) is 1. The van der Waals surface area contributed by atoms with Crippen LogP contribution in [-0.2, 0) is 0 Å². The second kappa shape index (κ2) is 10.6. The lowest BCUT2D eigenvalue weighted by Gasteiger charge is -2.40. The minimum Gasteiger partial charge on any atom is -0.424 e. The van der Waals surface area contributed by atoms with Gasteiger partial charge < -0.3 is 31.4 Å². The van der Waals surface area contributed by atoms with E-state index in [2.05, 4.69) is 37.0 Å². The Morgan fingerprint density at radius 1 is 1.19 bits per heavy atom. The third-order valence-electron chi connectivity index (χ3n) is 7.53. The number of piperidine rings is 1. The van der Waals surface area contributed by atoms with Crippen molar-refractivity contribution in [3.63, 3.8) is 0 Å². The van der Waals surface area contributed by atoms with Crippen LogP contribution in [0.1, 0.15) is 38.5 Å². The van der Waals surface area contributed by atoms with Gasteiger partial charge in [-0.3, -0.25) is 4.94 Å². The van der Waals surface area contributed by atoms with Gasteiger partial charge in [-0.25, -0.2) is 9.98 Å². The molecule has 0 amide bonds. The molecule has 0 radical (unpaired) electrons. The summed E-state index contributed by atoms with van der Waals surface area (Å²) < 4.78 is 18.3. The van der Waals surface area contributed by atoms with Crippen molar-refractivity contribution in [2.24, 2.45) is 22.4 Å². The molecular weight excluding hydrogens is 461 g/mol. The van der Waals surface area contributed by atoms with Crippen molar-refractivity contribution < 1.29 is 13.9 Å². The quantitative estimate of drug-likeness (QED) is 0.236. The first kappa shape index (κ1) is 24.2. The highest BCUT2D eigenvalue weighted by Crippen LogP contribution is 2.41. The lowest BCUT2D eigenvalue weighted by Crippen LogP contribution is -2.55. The molecule has 1 aromatic carbocycles. The van der Waals surface area contributed by atoms with Crippen LogP contribution in [0.3, 0.4) is 0 Å². The van der Waals surface area contributed by atoms with E-state index in [-0.39, 0.29) is 11.8 Å². The minimum absolute atomic E-state index is 0.150. The Morgan fingerprint density at radius 2 is 1.97 bits per heavy atom. The molecule has 1 saturated heterocycles. The van der Waals surface area contributed by atoms with E-state index in [1.165, 1.54) is 12.8 Å². The number of fused-ring (bicyclic) bond motifs is 2. The Labute approximate surface area is 210 Å². The van der Waals surface area contributed by atoms with Gasteiger partial charge in [0.2, 0.25) is 0 Å². The number of hydrogen-bond acceptors (Lipinski definition) is 8. The van der Waals surface area contributed by atoms with Gasteiger partial charge in [-0.15, -0.1) is 0 Å². The van der Waals surface area contributed by atoms with E-state index in [4.69, 9.17) is 15.9 Å². The van der Waals surface area contributed by atoms with Crippen molar-refractivity contribution in [3.05, 3.63) is 54.6 Å². The van der Waals surface area contributed by atoms with Crippen molar-refractivity contribution in [3.8, 4) is 17.1 Å². The maximum Gasteiger partial charge on any atom is 0.295 e. The summed E-state index contributed by atoms with van der Waals surface area (Å²) in [6.45, 7) is 4.76. The standard InChI is InChI=1S/C26H34FN7O2/c1-16(29)10-25(31-15-28)34-14-17-11-22(23(34)12-17)32-20-4-2-3-5-21(20)33-26-30-13-24(35-26)18-6-8-19(36-27)9-7-18/h6-10,13,15,17,20-23,32H,1-5,11-12,14,29H2,(H2,28,31)(H,30,33)/b25-10+/t17-,20-,21-,22+,23-/m1/s1. The maximum absolute atomic E-state index is 12.3. The highest BCUT2D eigenvalue weighted by Gasteiger charge is 2.46. The Bertz CT molecular complexity index is 1120. The molecule has 5 atom stereocenters. The van der Waals surface area contributed by atoms with E-state index in [9.17, 15) is 4.53 Å². The Hall–Kier alpha value is -3.53. The number of rotatable bonds is 9. The van der Waals surface area contributed by atoms with Crippen LogP contribution < -0.4 is 27.0 Å². The second-order valence-corrected chi connectivity index (χ2v) is 9.96. The Morgan fingerprint density at radius 3 is 2.67 bits per heavy atom. The molecule has 2 aliphatic carbocycles. The molecule has 192 valence electrons. The van der Waals surface area contributed by atoms with Crippen molar-refractivity contribution in [1.29, 1.82) is 0 Å². The summed E-state index contributed by atoms with van der Waals surface area (Å²) in [5, 5.41) is 7.49. The number of aromatic nitrogens is 1. The van der Waals surface area contributed by atoms with Crippen molar-refractivity contribution in [2.75, 3.05) is 11.9 Å². The average molecular weight is 496 g/mol. The number of oxazole rings is 1. The number of allylic oxidation sites excluding steroid dienone is 1. The van der Waals surface area contributed by atoms with Gasteiger partial charge in [0, 0.05) is 52.6 Å². The minimum atomic E-state index is 0.150. The molecule has 6 N–H and O–H groups in total. The largest absolute Gasteiger partial charge is 0.424 e. The number of benzene rings is 1. The fourth-order valence-corrected chi connectivity index (χ4v) is 5.99. The molecule has 2 bridgehead atoms. The summed E-state index contributed by atoms with van der Waals surface area (Å²) in [6.07, 6.45) is 11.6. The SMILES string of the molecule is C=C(N)/C=C(\N=C/N)N1C[C@@H]2C[C@H](N[C@@H]3CCCC[C@H]3Nc3ncc(-c4ccc(OF)cc4)o3)[C@H]1C2. The first-order valence-electron chi connectivity index (χ1n) is 12.6. The molecule has 1 aliphatic heterocycles. The first-order chi connectivity index (χ1) is 17.5. The molecule has 2 aromatic rings. The van der Waals surface area contributed by atoms with Crippen molar-refractivity contribution >= 4 is 12.4 Å². The third kappa shape index (κ3) is 5.18. The van der Waals surface area contributed by atoms with Gasteiger partial charge in [0.1, 0.15) is 5.82 Å². The monoisotopic (exact) mass is 495 g/mol. The van der Waals surface area contributed by atoms with Gasteiger partial charge in [0.05, 0.1) is 12.5 Å². The summed E-state index contributed by atoms with van der Waals surface area (Å²) in [4.78, 5) is 14.9. The van der Waals surface area contributed by atoms with Gasteiger partial charge in [-0.1, -0.05) is 19.4 Å². The zero-order valence-electron chi connectivity index (χ0n) is 20.3. The second-order valence-electron chi connectivity index (χ2n) is 9.96. The fraction of sp³-hybridized carbons (Fsp3) is 0.462. The van der Waals surface area contributed by atoms with Crippen LogP contribution in [0, 0.1) is 5.92 Å². The number of aliphatic imine (C=N–C) groups is 1. The van der Waals surface area contributed by atoms with Crippen LogP contribution in [-0.4, -0.2) is 46.9 Å². The Kier molecular flexibility index (Phi) is 7.13. The predicted molar refractivity (Wildman–Crippen MR) is 138 cm³/mol. The van der Waals surface area contributed by atoms with Crippen molar-refractivity contribution in [1.82, 2.24) is 15.2 Å². The molecule has 36 heavy (non-hydrogen) atoms.